The Hall–Kier alpha value is -1.26. The summed E-state index contributed by atoms with van der Waals surface area (Å²) in [6.45, 7) is 0. The van der Waals surface area contributed by atoms with E-state index < -0.39 is 17.4 Å². The molecule has 5 heteroatoms. The number of hydrogen-bond acceptors (Lipinski definition) is 1. The van der Waals surface area contributed by atoms with Crippen molar-refractivity contribution < 1.29 is 13.6 Å². The highest BCUT2D eigenvalue weighted by atomic mass is 79.9. The van der Waals surface area contributed by atoms with Crippen molar-refractivity contribution in [2.45, 2.75) is 0 Å². The molecule has 2 aromatic carbocycles. The summed E-state index contributed by atoms with van der Waals surface area (Å²) in [6, 6.07) is 7.23. The van der Waals surface area contributed by atoms with Crippen LogP contribution < -0.4 is 0 Å². The van der Waals surface area contributed by atoms with Crippen LogP contribution in [0.3, 0.4) is 0 Å². The number of benzene rings is 2. The minimum atomic E-state index is -0.571. The Labute approximate surface area is 116 Å². The fourth-order valence-electron chi connectivity index (χ4n) is 1.51. The van der Waals surface area contributed by atoms with E-state index in [1.165, 1.54) is 18.2 Å². The molecule has 2 rings (SSSR count). The fourth-order valence-corrected chi connectivity index (χ4v) is 2.18. The first-order valence-corrected chi connectivity index (χ1v) is 6.10. The Morgan fingerprint density at radius 1 is 1.06 bits per heavy atom. The van der Waals surface area contributed by atoms with Crippen molar-refractivity contribution >= 4 is 33.3 Å². The van der Waals surface area contributed by atoms with Crippen molar-refractivity contribution in [1.29, 1.82) is 0 Å². The van der Waals surface area contributed by atoms with E-state index >= 15 is 0 Å². The molecule has 0 aliphatic carbocycles. The highest BCUT2D eigenvalue weighted by molar-refractivity contribution is 9.10. The molecule has 0 bridgehead atoms. The van der Waals surface area contributed by atoms with Crippen molar-refractivity contribution in [2.24, 2.45) is 0 Å². The fraction of sp³-hybridized carbons (Fsp3) is 0. The number of hydrogen-bond donors (Lipinski definition) is 0. The zero-order valence-electron chi connectivity index (χ0n) is 8.88. The first kappa shape index (κ1) is 13.2. The third-order valence-corrected chi connectivity index (χ3v) is 3.09. The summed E-state index contributed by atoms with van der Waals surface area (Å²) < 4.78 is 26.7. The SMILES string of the molecule is O=C(c1cc(F)cc(Br)c1)c1cc(F)ccc1Cl. The largest absolute Gasteiger partial charge is 0.289 e. The van der Waals surface area contributed by atoms with Crippen LogP contribution in [0.25, 0.3) is 0 Å². The van der Waals surface area contributed by atoms with Crippen molar-refractivity contribution in [2.75, 3.05) is 0 Å². The summed E-state index contributed by atoms with van der Waals surface area (Å²) >= 11 is 8.92. The average Bonchev–Trinajstić information content (AvgIpc) is 2.30. The molecule has 2 aromatic rings. The molecule has 0 fully saturated rings. The van der Waals surface area contributed by atoms with Crippen molar-refractivity contribution in [3.63, 3.8) is 0 Å². The number of halogens is 4. The summed E-state index contributed by atoms with van der Waals surface area (Å²) in [5, 5.41) is 0.127. The Kier molecular flexibility index (Phi) is 3.78. The molecule has 0 spiro atoms. The molecule has 0 aliphatic heterocycles. The quantitative estimate of drug-likeness (QED) is 0.734. The number of ketones is 1. The van der Waals surface area contributed by atoms with Gasteiger partial charge < -0.3 is 0 Å². The Morgan fingerprint density at radius 2 is 1.78 bits per heavy atom. The van der Waals surface area contributed by atoms with Gasteiger partial charge in [-0.2, -0.15) is 0 Å². The predicted molar refractivity (Wildman–Crippen MR) is 68.9 cm³/mol. The molecule has 0 atom stereocenters. The normalized spacial score (nSPS) is 10.4. The lowest BCUT2D eigenvalue weighted by Gasteiger charge is -2.05. The summed E-state index contributed by atoms with van der Waals surface area (Å²) in [6.07, 6.45) is 0. The third kappa shape index (κ3) is 2.76. The number of carbonyl (C=O) groups is 1. The van der Waals surface area contributed by atoms with Gasteiger partial charge in [0.25, 0.3) is 0 Å². The maximum absolute atomic E-state index is 13.2. The molecule has 1 nitrogen and oxygen atoms in total. The molecule has 0 amide bonds. The van der Waals surface area contributed by atoms with E-state index in [-0.39, 0.29) is 16.1 Å². The minimum Gasteiger partial charge on any atom is -0.289 e. The molecule has 0 heterocycles. The Balaban J connectivity index is 2.51. The molecule has 0 unspecified atom stereocenters. The van der Waals surface area contributed by atoms with Crippen LogP contribution in [0.15, 0.2) is 40.9 Å². The second-order valence-corrected chi connectivity index (χ2v) is 4.93. The lowest BCUT2D eigenvalue weighted by atomic mass is 10.0. The van der Waals surface area contributed by atoms with Gasteiger partial charge in [-0.3, -0.25) is 4.79 Å². The maximum Gasteiger partial charge on any atom is 0.194 e. The molecule has 0 aliphatic rings. The van der Waals surface area contributed by atoms with E-state index in [0.717, 1.165) is 18.2 Å². The van der Waals surface area contributed by atoms with Gasteiger partial charge >= 0.3 is 0 Å². The van der Waals surface area contributed by atoms with Gasteiger partial charge in [-0.05, 0) is 36.4 Å². The topological polar surface area (TPSA) is 17.1 Å². The summed E-state index contributed by atoms with van der Waals surface area (Å²) in [7, 11) is 0. The average molecular weight is 332 g/mol. The van der Waals surface area contributed by atoms with E-state index in [0.29, 0.717) is 4.47 Å². The Morgan fingerprint density at radius 3 is 2.44 bits per heavy atom. The highest BCUT2D eigenvalue weighted by Crippen LogP contribution is 2.23. The second kappa shape index (κ2) is 5.16. The Bertz CT molecular complexity index is 608. The number of rotatable bonds is 2. The molecule has 18 heavy (non-hydrogen) atoms. The van der Waals surface area contributed by atoms with Crippen LogP contribution in [0.2, 0.25) is 5.02 Å². The van der Waals surface area contributed by atoms with Gasteiger partial charge in [0, 0.05) is 15.6 Å². The van der Waals surface area contributed by atoms with Gasteiger partial charge in [-0.1, -0.05) is 27.5 Å². The molecular weight excluding hydrogens is 325 g/mol. The predicted octanol–water partition coefficient (Wildman–Crippen LogP) is 4.61. The first-order valence-electron chi connectivity index (χ1n) is 4.93. The third-order valence-electron chi connectivity index (χ3n) is 2.30. The highest BCUT2D eigenvalue weighted by Gasteiger charge is 2.15. The van der Waals surface area contributed by atoms with Crippen LogP contribution in [-0.4, -0.2) is 5.78 Å². The van der Waals surface area contributed by atoms with E-state index in [1.807, 2.05) is 0 Å². The smallest absolute Gasteiger partial charge is 0.194 e. The van der Waals surface area contributed by atoms with Crippen LogP contribution in [0.1, 0.15) is 15.9 Å². The summed E-state index contributed by atoms with van der Waals surface area (Å²) in [5.74, 6) is -1.65. The van der Waals surface area contributed by atoms with Crippen LogP contribution in [-0.2, 0) is 0 Å². The molecule has 0 saturated heterocycles. The zero-order chi connectivity index (χ0) is 13.3. The van der Waals surface area contributed by atoms with Crippen LogP contribution in [0, 0.1) is 11.6 Å². The van der Waals surface area contributed by atoms with Gasteiger partial charge in [0.1, 0.15) is 11.6 Å². The summed E-state index contributed by atoms with van der Waals surface area (Å²) in [5.41, 5.74) is 0.114. The van der Waals surface area contributed by atoms with E-state index in [2.05, 4.69) is 15.9 Å². The molecule has 0 aromatic heterocycles. The summed E-state index contributed by atoms with van der Waals surface area (Å²) in [4.78, 5) is 12.1. The lowest BCUT2D eigenvalue weighted by molar-refractivity contribution is 0.103. The van der Waals surface area contributed by atoms with Gasteiger partial charge in [0.15, 0.2) is 5.78 Å². The zero-order valence-corrected chi connectivity index (χ0v) is 11.2. The first-order chi connectivity index (χ1) is 8.47. The van der Waals surface area contributed by atoms with E-state index in [4.69, 9.17) is 11.6 Å². The van der Waals surface area contributed by atoms with Gasteiger partial charge in [0.2, 0.25) is 0 Å². The van der Waals surface area contributed by atoms with Crippen molar-refractivity contribution in [1.82, 2.24) is 0 Å². The van der Waals surface area contributed by atoms with Crippen molar-refractivity contribution in [3.05, 3.63) is 68.7 Å². The maximum atomic E-state index is 13.2. The van der Waals surface area contributed by atoms with E-state index in [9.17, 15) is 13.6 Å². The van der Waals surface area contributed by atoms with Gasteiger partial charge in [0.05, 0.1) is 5.02 Å². The molecular formula is C13H6BrClF2O. The van der Waals surface area contributed by atoms with Crippen LogP contribution in [0.5, 0.6) is 0 Å². The molecule has 0 saturated carbocycles. The van der Waals surface area contributed by atoms with Gasteiger partial charge in [-0.15, -0.1) is 0 Å². The minimum absolute atomic E-state index is 0.00849. The number of carbonyl (C=O) groups excluding carboxylic acids is 1. The van der Waals surface area contributed by atoms with E-state index in [1.54, 1.807) is 0 Å². The standard InChI is InChI=1S/C13H6BrClF2O/c14-8-3-7(4-10(17)5-8)13(18)11-6-9(16)1-2-12(11)15/h1-6H. The second-order valence-electron chi connectivity index (χ2n) is 3.61. The molecule has 0 radical (unpaired) electrons. The molecule has 0 N–H and O–H groups in total. The van der Waals surface area contributed by atoms with Gasteiger partial charge in [-0.25, -0.2) is 8.78 Å². The van der Waals surface area contributed by atoms with Crippen molar-refractivity contribution in [3.8, 4) is 0 Å². The van der Waals surface area contributed by atoms with Crippen LogP contribution in [0.4, 0.5) is 8.78 Å². The monoisotopic (exact) mass is 330 g/mol. The lowest BCUT2D eigenvalue weighted by Crippen LogP contribution is -2.03. The molecule has 92 valence electrons. The van der Waals surface area contributed by atoms with Crippen LogP contribution >= 0.6 is 27.5 Å².